The molecule has 0 unspecified atom stereocenters. The maximum absolute atomic E-state index is 13.7. The zero-order valence-corrected chi connectivity index (χ0v) is 16.3. The molecule has 0 amide bonds. The summed E-state index contributed by atoms with van der Waals surface area (Å²) in [5.74, 6) is -22.5. The van der Waals surface area contributed by atoms with E-state index in [4.69, 9.17) is 0 Å². The molecule has 0 saturated carbocycles. The largest absolute Gasteiger partial charge is 0.461 e. The monoisotopic (exact) mass is 510 g/mol. The summed E-state index contributed by atoms with van der Waals surface area (Å²) in [5.41, 5.74) is -7.70. The smallest absolute Gasteiger partial charge is 0.368 e. The first-order valence-electron chi connectivity index (χ1n) is 8.07. The number of nitro groups is 4. The molecule has 0 aliphatic rings. The van der Waals surface area contributed by atoms with Crippen molar-refractivity contribution in [1.29, 1.82) is 0 Å². The topological polar surface area (TPSA) is 182 Å². The van der Waals surface area contributed by atoms with Crippen LogP contribution in [0.3, 0.4) is 0 Å². The standard InChI is InChI=1S/C12H14F8N4O9/c1-7(21(25)26,22(27)28)3-9(13,14)11(17,18)5-33-6-12(19,20)10(15,16)4-8(2,23(29)30)24(31)32/h3-6H2,1-2H3. The van der Waals surface area contributed by atoms with E-state index in [1.54, 1.807) is 0 Å². The highest BCUT2D eigenvalue weighted by atomic mass is 19.3. The molecular weight excluding hydrogens is 496 g/mol. The Kier molecular flexibility index (Phi) is 8.27. The van der Waals surface area contributed by atoms with Crippen molar-refractivity contribution in [2.24, 2.45) is 0 Å². The molecule has 0 aromatic heterocycles. The van der Waals surface area contributed by atoms with Gasteiger partial charge >= 0.3 is 35.0 Å². The summed E-state index contributed by atoms with van der Waals surface area (Å²) in [6.07, 6.45) is -5.49. The van der Waals surface area contributed by atoms with Crippen LogP contribution >= 0.6 is 0 Å². The van der Waals surface area contributed by atoms with Crippen LogP contribution in [0.1, 0.15) is 26.7 Å². The molecule has 0 atom stereocenters. The predicted octanol–water partition coefficient (Wildman–Crippen LogP) is 2.86. The van der Waals surface area contributed by atoms with E-state index in [1.807, 2.05) is 0 Å². The van der Waals surface area contributed by atoms with Gasteiger partial charge in [-0.2, -0.15) is 35.1 Å². The summed E-state index contributed by atoms with van der Waals surface area (Å²) in [4.78, 5) is 34.7. The van der Waals surface area contributed by atoms with Gasteiger partial charge in [-0.25, -0.2) is 0 Å². The zero-order valence-electron chi connectivity index (χ0n) is 16.3. The Balaban J connectivity index is 5.52. The van der Waals surface area contributed by atoms with Gasteiger partial charge in [0, 0.05) is 0 Å². The van der Waals surface area contributed by atoms with E-state index < -0.39 is 80.8 Å². The highest BCUT2D eigenvalue weighted by Gasteiger charge is 2.69. The van der Waals surface area contributed by atoms with Gasteiger partial charge in [-0.1, -0.05) is 0 Å². The van der Waals surface area contributed by atoms with Crippen molar-refractivity contribution in [1.82, 2.24) is 0 Å². The quantitative estimate of drug-likeness (QED) is 0.147. The number of nitrogens with zero attached hydrogens (tertiary/aromatic N) is 4. The summed E-state index contributed by atoms with van der Waals surface area (Å²) >= 11 is 0. The number of ether oxygens (including phenoxy) is 1. The molecule has 0 heterocycles. The first kappa shape index (κ1) is 30.0. The van der Waals surface area contributed by atoms with Gasteiger partial charge in [0.05, 0.1) is 33.5 Å². The molecule has 21 heteroatoms. The molecule has 0 N–H and O–H groups in total. The molecule has 0 saturated heterocycles. The molecule has 0 rings (SSSR count). The lowest BCUT2D eigenvalue weighted by molar-refractivity contribution is -0.796. The molecular formula is C12H14F8N4O9. The summed E-state index contributed by atoms with van der Waals surface area (Å²) in [7, 11) is 0. The molecule has 0 aliphatic heterocycles. The van der Waals surface area contributed by atoms with Crippen LogP contribution in [0.4, 0.5) is 35.1 Å². The number of hydrogen-bond donors (Lipinski definition) is 0. The van der Waals surface area contributed by atoms with Gasteiger partial charge < -0.3 is 4.74 Å². The second-order valence-corrected chi connectivity index (χ2v) is 7.13. The minimum absolute atomic E-state index is 0.0474. The van der Waals surface area contributed by atoms with Crippen molar-refractivity contribution in [3.8, 4) is 0 Å². The van der Waals surface area contributed by atoms with Crippen molar-refractivity contribution < 1.29 is 59.6 Å². The van der Waals surface area contributed by atoms with Gasteiger partial charge in [0.2, 0.25) is 0 Å². The van der Waals surface area contributed by atoms with Crippen LogP contribution in [0.5, 0.6) is 0 Å². The maximum Gasteiger partial charge on any atom is 0.461 e. The first-order chi connectivity index (χ1) is 14.4. The third-order valence-electron chi connectivity index (χ3n) is 4.32. The van der Waals surface area contributed by atoms with Gasteiger partial charge in [-0.15, -0.1) is 0 Å². The Morgan fingerprint density at radius 2 is 0.758 bits per heavy atom. The van der Waals surface area contributed by atoms with Gasteiger partial charge in [-0.05, 0) is 0 Å². The van der Waals surface area contributed by atoms with E-state index in [9.17, 15) is 75.6 Å². The number of hydrogen-bond acceptors (Lipinski definition) is 9. The van der Waals surface area contributed by atoms with Crippen molar-refractivity contribution in [3.63, 3.8) is 0 Å². The Bertz CT molecular complexity index is 718. The molecule has 0 aliphatic carbocycles. The van der Waals surface area contributed by atoms with Gasteiger partial charge in [0.25, 0.3) is 0 Å². The molecule has 0 spiro atoms. The molecule has 13 nitrogen and oxygen atoms in total. The van der Waals surface area contributed by atoms with Crippen molar-refractivity contribution in [3.05, 3.63) is 40.5 Å². The fourth-order valence-corrected chi connectivity index (χ4v) is 2.01. The predicted molar refractivity (Wildman–Crippen MR) is 84.6 cm³/mol. The maximum atomic E-state index is 13.7. The van der Waals surface area contributed by atoms with Crippen LogP contribution in [0.2, 0.25) is 0 Å². The lowest BCUT2D eigenvalue weighted by atomic mass is 9.99. The van der Waals surface area contributed by atoms with Crippen LogP contribution in [0.15, 0.2) is 0 Å². The Labute approximate surface area is 176 Å². The van der Waals surface area contributed by atoms with E-state index in [-0.39, 0.29) is 13.8 Å². The fourth-order valence-electron chi connectivity index (χ4n) is 2.01. The molecule has 0 radical (unpaired) electrons. The number of rotatable bonds is 14. The highest BCUT2D eigenvalue weighted by Crippen LogP contribution is 2.44. The normalized spacial score (nSPS) is 14.1. The average molecular weight is 510 g/mol. The molecule has 33 heavy (non-hydrogen) atoms. The Morgan fingerprint density at radius 1 is 0.545 bits per heavy atom. The van der Waals surface area contributed by atoms with E-state index in [0.717, 1.165) is 0 Å². The number of alkyl halides is 8. The molecule has 192 valence electrons. The minimum Gasteiger partial charge on any atom is -0.368 e. The van der Waals surface area contributed by atoms with Crippen LogP contribution in [0.25, 0.3) is 0 Å². The van der Waals surface area contributed by atoms with Crippen molar-refractivity contribution in [2.75, 3.05) is 13.2 Å². The third kappa shape index (κ3) is 6.07. The summed E-state index contributed by atoms with van der Waals surface area (Å²) in [6, 6.07) is 0. The SMILES string of the molecule is CC(CC(F)(F)C(F)(F)COCC(F)(F)C(F)(F)CC(C)([N+](=O)[O-])[N+](=O)[O-])([N+](=O)[O-])[N+](=O)[O-]. The van der Waals surface area contributed by atoms with Gasteiger partial charge in [0.1, 0.15) is 13.2 Å². The first-order valence-corrected chi connectivity index (χ1v) is 8.07. The zero-order chi connectivity index (χ0) is 26.8. The van der Waals surface area contributed by atoms with Crippen molar-refractivity contribution in [2.45, 2.75) is 61.7 Å². The van der Waals surface area contributed by atoms with Gasteiger partial charge in [-0.3, -0.25) is 40.5 Å². The Hall–Kier alpha value is -3.00. The van der Waals surface area contributed by atoms with Crippen LogP contribution in [-0.2, 0) is 4.74 Å². The summed E-state index contributed by atoms with van der Waals surface area (Å²) in [5, 5.41) is 42.4. The Morgan fingerprint density at radius 3 is 0.939 bits per heavy atom. The fraction of sp³-hybridized carbons (Fsp3) is 1.00. The summed E-state index contributed by atoms with van der Waals surface area (Å²) in [6.45, 7) is -5.68. The highest BCUT2D eigenvalue weighted by molar-refractivity contribution is 4.91. The van der Waals surface area contributed by atoms with E-state index >= 15 is 0 Å². The van der Waals surface area contributed by atoms with Crippen molar-refractivity contribution >= 4 is 0 Å². The number of halogens is 8. The lowest BCUT2D eigenvalue weighted by Crippen LogP contribution is -2.56. The minimum atomic E-state index is -5.63. The van der Waals surface area contributed by atoms with E-state index in [0.29, 0.717) is 0 Å². The summed E-state index contributed by atoms with van der Waals surface area (Å²) < 4.78 is 113. The molecule has 0 bridgehead atoms. The van der Waals surface area contributed by atoms with Crippen LogP contribution in [0, 0.1) is 40.5 Å². The molecule has 0 fully saturated rings. The average Bonchev–Trinajstić information content (AvgIpc) is 2.59. The molecule has 0 aromatic rings. The van der Waals surface area contributed by atoms with Crippen LogP contribution < -0.4 is 0 Å². The van der Waals surface area contributed by atoms with E-state index in [2.05, 4.69) is 4.74 Å². The molecule has 0 aromatic carbocycles. The third-order valence-corrected chi connectivity index (χ3v) is 4.32. The van der Waals surface area contributed by atoms with Crippen LogP contribution in [-0.4, -0.2) is 67.9 Å². The lowest BCUT2D eigenvalue weighted by Gasteiger charge is -2.30. The second-order valence-electron chi connectivity index (χ2n) is 7.13. The van der Waals surface area contributed by atoms with E-state index in [1.165, 1.54) is 0 Å². The van der Waals surface area contributed by atoms with Gasteiger partial charge in [0.15, 0.2) is 12.8 Å². The second kappa shape index (κ2) is 9.09.